The first-order chi connectivity index (χ1) is 5.44. The van der Waals surface area contributed by atoms with Crippen molar-refractivity contribution in [3.8, 4) is 0 Å². The van der Waals surface area contributed by atoms with Gasteiger partial charge in [-0.3, -0.25) is 0 Å². The van der Waals surface area contributed by atoms with Crippen LogP contribution >= 0.6 is 0 Å². The minimum absolute atomic E-state index is 0.532. The second-order valence-corrected chi connectivity index (χ2v) is 5.02. The lowest BCUT2D eigenvalue weighted by Crippen LogP contribution is -2.23. The number of rotatable bonds is 5. The molecule has 0 aromatic rings. The minimum Gasteiger partial charge on any atom is -0.0651 e. The highest BCUT2D eigenvalue weighted by atomic mass is 14.3. The van der Waals surface area contributed by atoms with E-state index < -0.39 is 0 Å². The lowest BCUT2D eigenvalue weighted by atomic mass is 9.72. The van der Waals surface area contributed by atoms with Gasteiger partial charge in [0.05, 0.1) is 0 Å². The molecule has 0 heteroatoms. The maximum atomic E-state index is 2.41. The summed E-state index contributed by atoms with van der Waals surface area (Å²) in [4.78, 5) is 0. The van der Waals surface area contributed by atoms with Crippen LogP contribution < -0.4 is 0 Å². The largest absolute Gasteiger partial charge is 0.0651 e. The van der Waals surface area contributed by atoms with Crippen LogP contribution in [-0.4, -0.2) is 0 Å². The molecular formula is C12H26. The molecule has 0 spiro atoms. The fourth-order valence-corrected chi connectivity index (χ4v) is 1.80. The van der Waals surface area contributed by atoms with E-state index >= 15 is 0 Å². The molecule has 12 heavy (non-hydrogen) atoms. The summed E-state index contributed by atoms with van der Waals surface area (Å²) in [5, 5.41) is 0. The fraction of sp³-hybridized carbons (Fsp3) is 1.00. The third-order valence-corrected chi connectivity index (χ3v) is 3.52. The van der Waals surface area contributed by atoms with Crippen LogP contribution in [0.25, 0.3) is 0 Å². The van der Waals surface area contributed by atoms with E-state index in [0.29, 0.717) is 5.41 Å². The highest BCUT2D eigenvalue weighted by molar-refractivity contribution is 4.76. The molecule has 2 unspecified atom stereocenters. The Labute approximate surface area is 78.8 Å². The Balaban J connectivity index is 4.02. The van der Waals surface area contributed by atoms with Crippen molar-refractivity contribution in [2.75, 3.05) is 0 Å². The zero-order valence-corrected chi connectivity index (χ0v) is 9.78. The molecule has 0 nitrogen and oxygen atoms in total. The molecule has 0 aromatic heterocycles. The third kappa shape index (κ3) is 3.60. The molecule has 0 saturated carbocycles. The van der Waals surface area contributed by atoms with Crippen molar-refractivity contribution >= 4 is 0 Å². The zero-order valence-electron chi connectivity index (χ0n) is 9.78. The summed E-state index contributed by atoms with van der Waals surface area (Å²) >= 11 is 0. The average molecular weight is 170 g/mol. The zero-order chi connectivity index (χ0) is 9.78. The van der Waals surface area contributed by atoms with Crippen molar-refractivity contribution in [3.05, 3.63) is 0 Å². The molecule has 0 bridgehead atoms. The molecule has 0 radical (unpaired) electrons. The third-order valence-electron chi connectivity index (χ3n) is 3.52. The second-order valence-electron chi connectivity index (χ2n) is 5.02. The Morgan fingerprint density at radius 2 is 1.50 bits per heavy atom. The summed E-state index contributed by atoms with van der Waals surface area (Å²) in [7, 11) is 0. The van der Waals surface area contributed by atoms with Crippen molar-refractivity contribution in [2.24, 2.45) is 17.3 Å². The summed E-state index contributed by atoms with van der Waals surface area (Å²) in [6, 6.07) is 0. The van der Waals surface area contributed by atoms with Crippen LogP contribution in [0.4, 0.5) is 0 Å². The van der Waals surface area contributed by atoms with Gasteiger partial charge in [-0.15, -0.1) is 0 Å². The molecule has 0 rings (SSSR count). The van der Waals surface area contributed by atoms with Gasteiger partial charge >= 0.3 is 0 Å². The van der Waals surface area contributed by atoms with Crippen LogP contribution in [0.2, 0.25) is 0 Å². The van der Waals surface area contributed by atoms with Crippen molar-refractivity contribution in [1.82, 2.24) is 0 Å². The molecule has 0 N–H and O–H groups in total. The molecule has 0 fully saturated rings. The SMILES string of the molecule is CCC(C)CC(C)(C)C(C)CC. The van der Waals surface area contributed by atoms with E-state index in [2.05, 4.69) is 41.5 Å². The molecule has 0 saturated heterocycles. The molecule has 0 aliphatic carbocycles. The van der Waals surface area contributed by atoms with Crippen LogP contribution in [0.5, 0.6) is 0 Å². The lowest BCUT2D eigenvalue weighted by Gasteiger charge is -2.33. The van der Waals surface area contributed by atoms with Crippen LogP contribution in [0, 0.1) is 17.3 Å². The first-order valence-corrected chi connectivity index (χ1v) is 5.44. The van der Waals surface area contributed by atoms with Gasteiger partial charge in [-0.2, -0.15) is 0 Å². The highest BCUT2D eigenvalue weighted by Gasteiger charge is 2.25. The summed E-state index contributed by atoms with van der Waals surface area (Å²) in [6.07, 6.45) is 4.00. The monoisotopic (exact) mass is 170 g/mol. The summed E-state index contributed by atoms with van der Waals surface area (Å²) in [6.45, 7) is 14.1. The Kier molecular flexibility index (Phi) is 4.89. The van der Waals surface area contributed by atoms with E-state index in [0.717, 1.165) is 11.8 Å². The molecule has 74 valence electrons. The van der Waals surface area contributed by atoms with Gasteiger partial charge in [0, 0.05) is 0 Å². The van der Waals surface area contributed by atoms with Gasteiger partial charge in [0.25, 0.3) is 0 Å². The molecule has 0 aliphatic rings. The van der Waals surface area contributed by atoms with E-state index in [1.54, 1.807) is 0 Å². The van der Waals surface area contributed by atoms with Gasteiger partial charge in [0.15, 0.2) is 0 Å². The smallest absolute Gasteiger partial charge is 0.0326 e. The van der Waals surface area contributed by atoms with Gasteiger partial charge in [-0.25, -0.2) is 0 Å². The average Bonchev–Trinajstić information content (AvgIpc) is 2.02. The summed E-state index contributed by atoms with van der Waals surface area (Å²) in [5.74, 6) is 1.74. The Morgan fingerprint density at radius 1 is 1.00 bits per heavy atom. The Hall–Kier alpha value is 0. The Morgan fingerprint density at radius 3 is 1.83 bits per heavy atom. The van der Waals surface area contributed by atoms with Gasteiger partial charge in [0.2, 0.25) is 0 Å². The van der Waals surface area contributed by atoms with Gasteiger partial charge in [0.1, 0.15) is 0 Å². The van der Waals surface area contributed by atoms with E-state index in [9.17, 15) is 0 Å². The lowest BCUT2D eigenvalue weighted by molar-refractivity contribution is 0.173. The van der Waals surface area contributed by atoms with Crippen molar-refractivity contribution in [1.29, 1.82) is 0 Å². The van der Waals surface area contributed by atoms with Gasteiger partial charge in [-0.05, 0) is 23.7 Å². The van der Waals surface area contributed by atoms with E-state index in [1.165, 1.54) is 19.3 Å². The molecule has 0 heterocycles. The highest BCUT2D eigenvalue weighted by Crippen LogP contribution is 2.36. The van der Waals surface area contributed by atoms with E-state index in [1.807, 2.05) is 0 Å². The van der Waals surface area contributed by atoms with E-state index in [-0.39, 0.29) is 0 Å². The molecule has 0 amide bonds. The normalized spacial score (nSPS) is 17.5. The molecule has 0 aromatic carbocycles. The summed E-state index contributed by atoms with van der Waals surface area (Å²) in [5.41, 5.74) is 0.532. The Bertz CT molecular complexity index is 113. The molecule has 0 aliphatic heterocycles. The van der Waals surface area contributed by atoms with Crippen LogP contribution in [0.3, 0.4) is 0 Å². The van der Waals surface area contributed by atoms with Crippen molar-refractivity contribution in [3.63, 3.8) is 0 Å². The predicted octanol–water partition coefficient (Wildman–Crippen LogP) is 4.49. The number of hydrogen-bond acceptors (Lipinski definition) is 0. The minimum atomic E-state index is 0.532. The van der Waals surface area contributed by atoms with Crippen LogP contribution in [-0.2, 0) is 0 Å². The molecular weight excluding hydrogens is 144 g/mol. The van der Waals surface area contributed by atoms with Crippen LogP contribution in [0.15, 0.2) is 0 Å². The van der Waals surface area contributed by atoms with Crippen molar-refractivity contribution < 1.29 is 0 Å². The van der Waals surface area contributed by atoms with Crippen LogP contribution in [0.1, 0.15) is 60.8 Å². The second kappa shape index (κ2) is 4.89. The van der Waals surface area contributed by atoms with Gasteiger partial charge in [-0.1, -0.05) is 54.4 Å². The predicted molar refractivity (Wildman–Crippen MR) is 57.3 cm³/mol. The van der Waals surface area contributed by atoms with Gasteiger partial charge < -0.3 is 0 Å². The number of hydrogen-bond donors (Lipinski definition) is 0. The molecule has 2 atom stereocenters. The summed E-state index contributed by atoms with van der Waals surface area (Å²) < 4.78 is 0. The van der Waals surface area contributed by atoms with E-state index in [4.69, 9.17) is 0 Å². The fourth-order valence-electron chi connectivity index (χ4n) is 1.80. The quantitative estimate of drug-likeness (QED) is 0.570. The first-order valence-electron chi connectivity index (χ1n) is 5.44. The standard InChI is InChI=1S/C12H26/c1-7-10(3)9-12(5,6)11(4)8-2/h10-11H,7-9H2,1-6H3. The maximum absolute atomic E-state index is 2.41. The van der Waals surface area contributed by atoms with Crippen molar-refractivity contribution in [2.45, 2.75) is 60.8 Å². The maximum Gasteiger partial charge on any atom is -0.0326 e. The first kappa shape index (κ1) is 12.0. The topological polar surface area (TPSA) is 0 Å².